The summed E-state index contributed by atoms with van der Waals surface area (Å²) in [5, 5.41) is 14.3. The smallest absolute Gasteiger partial charge is 0.0574 e. The summed E-state index contributed by atoms with van der Waals surface area (Å²) in [6.45, 7) is 7.98. The van der Waals surface area contributed by atoms with E-state index in [-0.39, 0.29) is 6.10 Å². The molecule has 0 bridgehead atoms. The van der Waals surface area contributed by atoms with Gasteiger partial charge >= 0.3 is 0 Å². The SMILES string of the molecule is Cc1ccc(C(CCCN2CCNCC2)C2CCCCCCC2O)cc1. The molecule has 2 aliphatic rings. The van der Waals surface area contributed by atoms with Gasteiger partial charge in [0.05, 0.1) is 6.10 Å². The van der Waals surface area contributed by atoms with E-state index < -0.39 is 0 Å². The summed E-state index contributed by atoms with van der Waals surface area (Å²) in [7, 11) is 0. The highest BCUT2D eigenvalue weighted by Gasteiger charge is 2.29. The van der Waals surface area contributed by atoms with Gasteiger partial charge in [-0.2, -0.15) is 0 Å². The standard InChI is InChI=1S/C23H38N2O/c1-19-10-12-20(13-11-19)21(8-6-16-25-17-14-24-15-18-25)22-7-4-2-3-5-9-23(22)26/h10-13,21-24,26H,2-9,14-18H2,1H3. The Labute approximate surface area is 160 Å². The molecule has 1 heterocycles. The topological polar surface area (TPSA) is 35.5 Å². The Morgan fingerprint density at radius 3 is 2.46 bits per heavy atom. The summed E-state index contributed by atoms with van der Waals surface area (Å²) in [4.78, 5) is 2.59. The van der Waals surface area contributed by atoms with Crippen LogP contribution in [0.5, 0.6) is 0 Å². The Morgan fingerprint density at radius 2 is 1.73 bits per heavy atom. The lowest BCUT2D eigenvalue weighted by molar-refractivity contribution is 0.0652. The van der Waals surface area contributed by atoms with E-state index in [4.69, 9.17) is 0 Å². The summed E-state index contributed by atoms with van der Waals surface area (Å²) >= 11 is 0. The molecule has 3 heteroatoms. The lowest BCUT2D eigenvalue weighted by Gasteiger charge is -2.34. The molecule has 3 rings (SSSR count). The highest BCUT2D eigenvalue weighted by atomic mass is 16.3. The Balaban J connectivity index is 1.66. The number of aryl methyl sites for hydroxylation is 1. The van der Waals surface area contributed by atoms with E-state index in [1.807, 2.05) is 0 Å². The molecular formula is C23H38N2O. The first-order chi connectivity index (χ1) is 12.7. The lowest BCUT2D eigenvalue weighted by atomic mass is 9.74. The van der Waals surface area contributed by atoms with Crippen molar-refractivity contribution in [2.75, 3.05) is 32.7 Å². The molecule has 3 nitrogen and oxygen atoms in total. The van der Waals surface area contributed by atoms with Crippen molar-refractivity contribution < 1.29 is 5.11 Å². The Hall–Kier alpha value is -0.900. The zero-order valence-corrected chi connectivity index (χ0v) is 16.6. The van der Waals surface area contributed by atoms with Crippen LogP contribution in [-0.2, 0) is 0 Å². The molecule has 0 radical (unpaired) electrons. The van der Waals surface area contributed by atoms with E-state index in [1.165, 1.54) is 75.7 Å². The van der Waals surface area contributed by atoms with Crippen molar-refractivity contribution in [2.24, 2.45) is 5.92 Å². The van der Waals surface area contributed by atoms with Crippen LogP contribution in [0.1, 0.15) is 68.4 Å². The second-order valence-electron chi connectivity index (χ2n) is 8.47. The van der Waals surface area contributed by atoms with E-state index in [0.29, 0.717) is 11.8 Å². The zero-order chi connectivity index (χ0) is 18.2. The van der Waals surface area contributed by atoms with Crippen molar-refractivity contribution in [3.63, 3.8) is 0 Å². The fourth-order valence-corrected chi connectivity index (χ4v) is 4.87. The number of piperazine rings is 1. The van der Waals surface area contributed by atoms with Crippen LogP contribution >= 0.6 is 0 Å². The molecule has 2 N–H and O–H groups in total. The predicted molar refractivity (Wildman–Crippen MR) is 110 cm³/mol. The number of aliphatic hydroxyl groups excluding tert-OH is 1. The summed E-state index contributed by atoms with van der Waals surface area (Å²) < 4.78 is 0. The number of nitrogens with zero attached hydrogens (tertiary/aromatic N) is 1. The van der Waals surface area contributed by atoms with Gasteiger partial charge in [-0.15, -0.1) is 0 Å². The third kappa shape index (κ3) is 5.80. The molecule has 1 aliphatic heterocycles. The highest BCUT2D eigenvalue weighted by Crippen LogP contribution is 2.38. The van der Waals surface area contributed by atoms with Gasteiger partial charge in [0.15, 0.2) is 0 Å². The fraction of sp³-hybridized carbons (Fsp3) is 0.739. The zero-order valence-electron chi connectivity index (χ0n) is 16.6. The fourth-order valence-electron chi connectivity index (χ4n) is 4.87. The van der Waals surface area contributed by atoms with Gasteiger partial charge in [-0.1, -0.05) is 55.5 Å². The molecule has 3 atom stereocenters. The summed E-state index contributed by atoms with van der Waals surface area (Å²) in [6, 6.07) is 9.12. The molecule has 146 valence electrons. The van der Waals surface area contributed by atoms with Crippen LogP contribution in [0.15, 0.2) is 24.3 Å². The van der Waals surface area contributed by atoms with Gasteiger partial charge in [-0.3, -0.25) is 0 Å². The number of hydrogen-bond donors (Lipinski definition) is 2. The summed E-state index contributed by atoms with van der Waals surface area (Å²) in [5.41, 5.74) is 2.77. The van der Waals surface area contributed by atoms with Crippen LogP contribution in [0.25, 0.3) is 0 Å². The predicted octanol–water partition coefficient (Wildman–Crippen LogP) is 4.10. The Morgan fingerprint density at radius 1 is 1.04 bits per heavy atom. The van der Waals surface area contributed by atoms with Gasteiger partial charge in [0, 0.05) is 26.2 Å². The van der Waals surface area contributed by atoms with Gasteiger partial charge in [0.2, 0.25) is 0 Å². The van der Waals surface area contributed by atoms with E-state index >= 15 is 0 Å². The number of rotatable bonds is 6. The lowest BCUT2D eigenvalue weighted by Crippen LogP contribution is -2.43. The summed E-state index contributed by atoms with van der Waals surface area (Å²) in [6.07, 6.45) is 9.60. The maximum absolute atomic E-state index is 10.9. The molecule has 0 aromatic heterocycles. The van der Waals surface area contributed by atoms with Crippen molar-refractivity contribution in [3.05, 3.63) is 35.4 Å². The van der Waals surface area contributed by atoms with E-state index in [2.05, 4.69) is 41.4 Å². The number of hydrogen-bond acceptors (Lipinski definition) is 3. The molecular weight excluding hydrogens is 320 g/mol. The van der Waals surface area contributed by atoms with E-state index in [0.717, 1.165) is 19.5 Å². The van der Waals surface area contributed by atoms with Crippen molar-refractivity contribution in [3.8, 4) is 0 Å². The first-order valence-corrected chi connectivity index (χ1v) is 10.9. The molecule has 3 unspecified atom stereocenters. The van der Waals surface area contributed by atoms with Crippen LogP contribution < -0.4 is 5.32 Å². The van der Waals surface area contributed by atoms with Gasteiger partial charge < -0.3 is 15.3 Å². The van der Waals surface area contributed by atoms with Crippen LogP contribution in [0.4, 0.5) is 0 Å². The van der Waals surface area contributed by atoms with Crippen LogP contribution in [0.3, 0.4) is 0 Å². The number of benzene rings is 1. The first-order valence-electron chi connectivity index (χ1n) is 10.9. The Kier molecular flexibility index (Phi) is 7.97. The molecule has 1 aromatic rings. The minimum absolute atomic E-state index is 0.124. The van der Waals surface area contributed by atoms with Crippen molar-refractivity contribution in [1.29, 1.82) is 0 Å². The number of nitrogens with one attached hydrogen (secondary N) is 1. The van der Waals surface area contributed by atoms with E-state index in [9.17, 15) is 5.11 Å². The molecule has 1 aliphatic carbocycles. The average molecular weight is 359 g/mol. The normalized spacial score (nSPS) is 26.8. The van der Waals surface area contributed by atoms with Gasteiger partial charge in [-0.25, -0.2) is 0 Å². The van der Waals surface area contributed by atoms with Crippen molar-refractivity contribution in [1.82, 2.24) is 10.2 Å². The maximum atomic E-state index is 10.9. The maximum Gasteiger partial charge on any atom is 0.0574 e. The van der Waals surface area contributed by atoms with Crippen molar-refractivity contribution >= 4 is 0 Å². The molecule has 1 saturated carbocycles. The molecule has 0 spiro atoms. The van der Waals surface area contributed by atoms with Crippen molar-refractivity contribution in [2.45, 2.75) is 70.3 Å². The van der Waals surface area contributed by atoms with Crippen LogP contribution in [-0.4, -0.2) is 48.8 Å². The molecule has 2 fully saturated rings. The molecule has 1 saturated heterocycles. The van der Waals surface area contributed by atoms with Crippen LogP contribution in [0.2, 0.25) is 0 Å². The molecule has 0 amide bonds. The van der Waals surface area contributed by atoms with Crippen LogP contribution in [0, 0.1) is 12.8 Å². The van der Waals surface area contributed by atoms with Gasteiger partial charge in [0.25, 0.3) is 0 Å². The highest BCUT2D eigenvalue weighted by molar-refractivity contribution is 5.25. The minimum atomic E-state index is -0.124. The summed E-state index contributed by atoms with van der Waals surface area (Å²) in [5.74, 6) is 0.938. The largest absolute Gasteiger partial charge is 0.393 e. The molecule has 1 aromatic carbocycles. The quantitative estimate of drug-likeness (QED) is 0.804. The van der Waals surface area contributed by atoms with Gasteiger partial charge in [0.1, 0.15) is 0 Å². The minimum Gasteiger partial charge on any atom is -0.393 e. The monoisotopic (exact) mass is 358 g/mol. The first kappa shape index (κ1) is 19.9. The third-order valence-corrected chi connectivity index (χ3v) is 6.50. The Bertz CT molecular complexity index is 509. The average Bonchev–Trinajstić information content (AvgIpc) is 2.65. The third-order valence-electron chi connectivity index (χ3n) is 6.50. The van der Waals surface area contributed by atoms with Gasteiger partial charge in [-0.05, 0) is 56.6 Å². The second-order valence-corrected chi connectivity index (χ2v) is 8.47. The second kappa shape index (κ2) is 10.4. The van der Waals surface area contributed by atoms with E-state index in [1.54, 1.807) is 0 Å². The number of aliphatic hydroxyl groups is 1. The molecule has 26 heavy (non-hydrogen) atoms.